The molecule has 3 nitrogen and oxygen atoms in total. The van der Waals surface area contributed by atoms with Crippen molar-refractivity contribution in [3.8, 4) is 0 Å². The number of halogens is 9. The van der Waals surface area contributed by atoms with Crippen molar-refractivity contribution in [1.82, 2.24) is 0 Å². The van der Waals surface area contributed by atoms with Crippen LogP contribution in [0.4, 0.5) is 39.5 Å². The number of alkyl halides is 9. The topological polar surface area (TPSA) is 54.4 Å². The quantitative estimate of drug-likeness (QED) is 0.553. The van der Waals surface area contributed by atoms with E-state index in [1.54, 1.807) is 0 Å². The summed E-state index contributed by atoms with van der Waals surface area (Å²) in [5.74, 6) is -14.7. The van der Waals surface area contributed by atoms with Crippen LogP contribution in [0.15, 0.2) is 0 Å². The van der Waals surface area contributed by atoms with E-state index in [-0.39, 0.29) is 25.8 Å². The first-order valence-electron chi connectivity index (χ1n) is 3.17. The van der Waals surface area contributed by atoms with Crippen molar-refractivity contribution < 1.29 is 52.5 Å². The van der Waals surface area contributed by atoms with Gasteiger partial charge in [0, 0.05) is 0 Å². The van der Waals surface area contributed by atoms with Crippen LogP contribution in [-0.4, -0.2) is 62.1 Å². The SMILES string of the molecule is O=S(=O)(O)C(F)(F)C(F)(F)C(F)(F)C(F)(F)F.[InH3]. The van der Waals surface area contributed by atoms with E-state index in [0.29, 0.717) is 0 Å². The van der Waals surface area contributed by atoms with E-state index in [4.69, 9.17) is 4.55 Å². The average Bonchev–Trinajstić information content (AvgIpc) is 1.98. The summed E-state index contributed by atoms with van der Waals surface area (Å²) in [6.45, 7) is 0. The molecule has 0 amide bonds. The molecule has 1 N–H and O–H groups in total. The van der Waals surface area contributed by atoms with E-state index in [0.717, 1.165) is 0 Å². The Hall–Kier alpha value is 0.150. The standard InChI is InChI=1S/C4HF9O3S.In.3H/c5-1(6,3(9,10)11)2(7,8)4(12,13)17(14,15)16;;;;/h(H,14,15,16);;;;. The van der Waals surface area contributed by atoms with Crippen LogP contribution >= 0.6 is 0 Å². The van der Waals surface area contributed by atoms with Crippen LogP contribution in [0.1, 0.15) is 0 Å². The summed E-state index contributed by atoms with van der Waals surface area (Å²) in [5.41, 5.74) is 0. The van der Waals surface area contributed by atoms with Crippen LogP contribution in [0.5, 0.6) is 0 Å². The summed E-state index contributed by atoms with van der Waals surface area (Å²) >= 11 is 0. The van der Waals surface area contributed by atoms with Crippen LogP contribution < -0.4 is 0 Å². The zero-order valence-corrected chi connectivity index (χ0v) is 7.89. The molecule has 0 fully saturated rings. The van der Waals surface area contributed by atoms with Gasteiger partial charge < -0.3 is 0 Å². The minimum absolute atomic E-state index is 0. The van der Waals surface area contributed by atoms with Crippen molar-refractivity contribution in [3.05, 3.63) is 0 Å². The van der Waals surface area contributed by atoms with Gasteiger partial charge in [-0.05, 0) is 0 Å². The van der Waals surface area contributed by atoms with E-state index in [9.17, 15) is 47.9 Å². The predicted molar refractivity (Wildman–Crippen MR) is 42.4 cm³/mol. The summed E-state index contributed by atoms with van der Waals surface area (Å²) in [6.07, 6.45) is -7.13. The molecule has 0 bridgehead atoms. The first-order chi connectivity index (χ1) is 7.00. The van der Waals surface area contributed by atoms with Gasteiger partial charge in [-0.3, -0.25) is 4.55 Å². The Morgan fingerprint density at radius 3 is 1.17 bits per heavy atom. The van der Waals surface area contributed by atoms with Gasteiger partial charge in [0.1, 0.15) is 0 Å². The van der Waals surface area contributed by atoms with Gasteiger partial charge in [0.15, 0.2) is 0 Å². The molecule has 0 aliphatic carbocycles. The Kier molecular flexibility index (Phi) is 5.60. The monoisotopic (exact) mass is 418 g/mol. The molecule has 0 heterocycles. The average molecular weight is 418 g/mol. The summed E-state index contributed by atoms with van der Waals surface area (Å²) in [7, 11) is -7.17. The molecule has 0 aliphatic rings. The first-order valence-corrected chi connectivity index (χ1v) is 4.61. The third-order valence-corrected chi connectivity index (χ3v) is 2.34. The molecular weight excluding hydrogens is 414 g/mol. The zero-order valence-electron chi connectivity index (χ0n) is 7.07. The Morgan fingerprint density at radius 1 is 0.722 bits per heavy atom. The second kappa shape index (κ2) is 4.92. The fourth-order valence-electron chi connectivity index (χ4n) is 0.523. The van der Waals surface area contributed by atoms with E-state index >= 15 is 0 Å². The molecule has 14 heteroatoms. The molecule has 0 aromatic rings. The number of hydrogen-bond acceptors (Lipinski definition) is 2. The van der Waals surface area contributed by atoms with Crippen LogP contribution in [0, 0.1) is 0 Å². The van der Waals surface area contributed by atoms with Gasteiger partial charge in [0.2, 0.25) is 0 Å². The second-order valence-corrected chi connectivity index (χ2v) is 4.10. The molecule has 0 spiro atoms. The van der Waals surface area contributed by atoms with Gasteiger partial charge in [-0.25, -0.2) is 0 Å². The van der Waals surface area contributed by atoms with Crippen molar-refractivity contribution in [2.75, 3.05) is 0 Å². The molecule has 0 atom stereocenters. The summed E-state index contributed by atoms with van der Waals surface area (Å²) in [5, 5.41) is -7.00. The van der Waals surface area contributed by atoms with Crippen LogP contribution in [-0.2, 0) is 10.1 Å². The molecule has 0 saturated carbocycles. The molecular formula is C4H4F9InO3S. The second-order valence-electron chi connectivity index (χ2n) is 2.64. The van der Waals surface area contributed by atoms with Crippen molar-refractivity contribution in [2.45, 2.75) is 23.3 Å². The van der Waals surface area contributed by atoms with Gasteiger partial charge >= 0.3 is 59.2 Å². The Labute approximate surface area is 112 Å². The molecule has 0 radical (unpaired) electrons. The molecule has 110 valence electrons. The number of hydrogen-bond donors (Lipinski definition) is 1. The molecule has 0 rings (SSSR count). The molecule has 0 aliphatic heterocycles. The van der Waals surface area contributed by atoms with Gasteiger partial charge in [-0.2, -0.15) is 47.9 Å². The predicted octanol–water partition coefficient (Wildman–Crippen LogP) is 1.12. The van der Waals surface area contributed by atoms with E-state index in [1.807, 2.05) is 0 Å². The van der Waals surface area contributed by atoms with Crippen molar-refractivity contribution in [1.29, 1.82) is 0 Å². The van der Waals surface area contributed by atoms with E-state index in [1.165, 1.54) is 0 Å². The summed E-state index contributed by atoms with van der Waals surface area (Å²) in [6, 6.07) is 0. The van der Waals surface area contributed by atoms with Crippen molar-refractivity contribution in [3.63, 3.8) is 0 Å². The van der Waals surface area contributed by atoms with Gasteiger partial charge in [0.05, 0.1) is 0 Å². The van der Waals surface area contributed by atoms with Crippen LogP contribution in [0.2, 0.25) is 0 Å². The zero-order chi connectivity index (χ0) is 14.5. The van der Waals surface area contributed by atoms with Gasteiger partial charge in [0.25, 0.3) is 0 Å². The van der Waals surface area contributed by atoms with Gasteiger partial charge in [-0.1, -0.05) is 0 Å². The van der Waals surface area contributed by atoms with E-state index < -0.39 is 33.4 Å². The third-order valence-electron chi connectivity index (χ3n) is 1.44. The number of rotatable bonds is 3. The molecule has 0 unspecified atom stereocenters. The fourth-order valence-corrected chi connectivity index (χ4v) is 0.975. The molecule has 18 heavy (non-hydrogen) atoms. The molecule has 0 aromatic carbocycles. The minimum atomic E-state index is -7.37. The van der Waals surface area contributed by atoms with E-state index in [2.05, 4.69) is 0 Å². The van der Waals surface area contributed by atoms with Crippen LogP contribution in [0.3, 0.4) is 0 Å². The normalized spacial score (nSPS) is 15.2. The summed E-state index contributed by atoms with van der Waals surface area (Å²) < 4.78 is 134. The molecule has 0 saturated heterocycles. The first kappa shape index (κ1) is 20.5. The summed E-state index contributed by atoms with van der Waals surface area (Å²) in [4.78, 5) is 0. The van der Waals surface area contributed by atoms with Gasteiger partial charge in [-0.15, -0.1) is 0 Å². The maximum absolute atomic E-state index is 12.2. The van der Waals surface area contributed by atoms with Crippen molar-refractivity contribution >= 4 is 36.0 Å². The Balaban J connectivity index is 0. The Morgan fingerprint density at radius 2 is 1.00 bits per heavy atom. The Bertz CT molecular complexity index is 399. The maximum atomic E-state index is 12.2. The third kappa shape index (κ3) is 2.84. The molecule has 0 aromatic heterocycles. The van der Waals surface area contributed by atoms with Crippen LogP contribution in [0.25, 0.3) is 0 Å². The van der Waals surface area contributed by atoms with Crippen molar-refractivity contribution in [2.24, 2.45) is 0 Å². The fraction of sp³-hybridized carbons (Fsp3) is 1.00.